The minimum Gasteiger partial charge on any atom is -0.481 e. The first kappa shape index (κ1) is 22.3. The molecule has 3 N–H and O–H groups in total. The number of carbonyl (C=O) groups is 1. The Hall–Kier alpha value is -3.43. The normalized spacial score (nSPS) is 18.6. The number of hydrogen-bond donors (Lipinski definition) is 3. The first-order chi connectivity index (χ1) is 14.7. The molecule has 9 nitrogen and oxygen atoms in total. The second-order valence-electron chi connectivity index (χ2n) is 7.96. The summed E-state index contributed by atoms with van der Waals surface area (Å²) in [6.07, 6.45) is -1.19. The van der Waals surface area contributed by atoms with E-state index in [0.29, 0.717) is 30.5 Å². The van der Waals surface area contributed by atoms with Gasteiger partial charge in [0.15, 0.2) is 0 Å². The smallest absolute Gasteiger partial charge is 0.311 e. The average Bonchev–Trinajstić information content (AvgIpc) is 2.72. The fourth-order valence-corrected chi connectivity index (χ4v) is 3.41. The predicted octanol–water partition coefficient (Wildman–Crippen LogP) is 4.05. The van der Waals surface area contributed by atoms with Gasteiger partial charge in [-0.1, -0.05) is 13.8 Å². The van der Waals surface area contributed by atoms with E-state index < -0.39 is 23.0 Å². The molecule has 3 rings (SSSR count). The van der Waals surface area contributed by atoms with Gasteiger partial charge in [-0.15, -0.1) is 0 Å². The van der Waals surface area contributed by atoms with Crippen molar-refractivity contribution in [1.82, 2.24) is 4.98 Å². The number of hydrogen-bond acceptors (Lipinski definition) is 7. The number of benzene rings is 1. The molecule has 0 radical (unpaired) electrons. The van der Waals surface area contributed by atoms with Gasteiger partial charge in [0.2, 0.25) is 5.82 Å². The van der Waals surface area contributed by atoms with Crippen molar-refractivity contribution in [2.75, 3.05) is 35.2 Å². The Bertz CT molecular complexity index is 938. The third-order valence-electron chi connectivity index (χ3n) is 5.12. The highest BCUT2D eigenvalue weighted by Crippen LogP contribution is 2.30. The zero-order valence-corrected chi connectivity index (χ0v) is 17.4. The standard InChI is InChI=1S/C21H26FN5O4/c1-13(2)11-23-19-8-7-18(27(30)31)20(25-19)24-14-3-5-15(6-4-14)26-10-9-16(21(28)29)17(22)12-26/h3-8,13,16-17H,9-12H2,1-2H3,(H,28,29)(H2,23,24,25). The van der Waals surface area contributed by atoms with Gasteiger partial charge in [-0.2, -0.15) is 0 Å². The van der Waals surface area contributed by atoms with E-state index in [9.17, 15) is 19.3 Å². The van der Waals surface area contributed by atoms with Crippen molar-refractivity contribution in [3.63, 3.8) is 0 Å². The lowest BCUT2D eigenvalue weighted by Gasteiger charge is -2.34. The Balaban J connectivity index is 1.72. The molecule has 1 aromatic heterocycles. The van der Waals surface area contributed by atoms with Crippen LogP contribution in [0.25, 0.3) is 0 Å². The minimum absolute atomic E-state index is 0.0142. The summed E-state index contributed by atoms with van der Waals surface area (Å²) in [5.41, 5.74) is 1.21. The molecule has 0 saturated carbocycles. The van der Waals surface area contributed by atoms with Crippen LogP contribution in [0.5, 0.6) is 0 Å². The predicted molar refractivity (Wildman–Crippen MR) is 117 cm³/mol. The van der Waals surface area contributed by atoms with Crippen molar-refractivity contribution in [3.8, 4) is 0 Å². The zero-order chi connectivity index (χ0) is 22.5. The molecule has 0 bridgehead atoms. The van der Waals surface area contributed by atoms with Crippen LogP contribution in [0.15, 0.2) is 36.4 Å². The van der Waals surface area contributed by atoms with Crippen LogP contribution in [-0.2, 0) is 4.79 Å². The molecular formula is C21H26FN5O4. The van der Waals surface area contributed by atoms with Crippen molar-refractivity contribution in [1.29, 1.82) is 0 Å². The van der Waals surface area contributed by atoms with Gasteiger partial charge in [0.1, 0.15) is 12.0 Å². The second kappa shape index (κ2) is 9.59. The third-order valence-corrected chi connectivity index (χ3v) is 5.12. The van der Waals surface area contributed by atoms with Crippen LogP contribution in [0.2, 0.25) is 0 Å². The third kappa shape index (κ3) is 5.59. The lowest BCUT2D eigenvalue weighted by Crippen LogP contribution is -2.44. The van der Waals surface area contributed by atoms with Gasteiger partial charge in [-0.25, -0.2) is 9.37 Å². The van der Waals surface area contributed by atoms with E-state index in [2.05, 4.69) is 15.6 Å². The number of carboxylic acid groups (broad SMARTS) is 1. The average molecular weight is 431 g/mol. The lowest BCUT2D eigenvalue weighted by molar-refractivity contribution is -0.384. The molecular weight excluding hydrogens is 405 g/mol. The van der Waals surface area contributed by atoms with Gasteiger partial charge < -0.3 is 20.6 Å². The SMILES string of the molecule is CC(C)CNc1ccc([N+](=O)[O-])c(Nc2ccc(N3CCC(C(=O)O)C(F)C3)cc2)n1. The molecule has 0 spiro atoms. The van der Waals surface area contributed by atoms with Gasteiger partial charge in [0.05, 0.1) is 17.4 Å². The molecule has 1 aromatic carbocycles. The van der Waals surface area contributed by atoms with E-state index in [-0.39, 0.29) is 24.5 Å². The maximum Gasteiger partial charge on any atom is 0.311 e. The summed E-state index contributed by atoms with van der Waals surface area (Å²) >= 11 is 0. The summed E-state index contributed by atoms with van der Waals surface area (Å²) in [5, 5.41) is 26.6. The summed E-state index contributed by atoms with van der Waals surface area (Å²) in [6.45, 7) is 5.25. The first-order valence-corrected chi connectivity index (χ1v) is 10.1. The van der Waals surface area contributed by atoms with Crippen LogP contribution in [0.4, 0.5) is 33.1 Å². The second-order valence-corrected chi connectivity index (χ2v) is 7.96. The van der Waals surface area contributed by atoms with E-state index in [4.69, 9.17) is 5.11 Å². The van der Waals surface area contributed by atoms with Crippen LogP contribution in [-0.4, -0.2) is 46.8 Å². The van der Waals surface area contributed by atoms with E-state index in [1.807, 2.05) is 13.8 Å². The Morgan fingerprint density at radius 1 is 1.32 bits per heavy atom. The number of aromatic nitrogens is 1. The van der Waals surface area contributed by atoms with Crippen LogP contribution in [0, 0.1) is 22.0 Å². The number of halogens is 1. The highest BCUT2D eigenvalue weighted by molar-refractivity contribution is 5.72. The van der Waals surface area contributed by atoms with Crippen LogP contribution in [0.1, 0.15) is 20.3 Å². The van der Waals surface area contributed by atoms with E-state index >= 15 is 0 Å². The summed E-state index contributed by atoms with van der Waals surface area (Å²) in [7, 11) is 0. The van der Waals surface area contributed by atoms with Crippen molar-refractivity contribution in [2.45, 2.75) is 26.4 Å². The molecule has 1 aliphatic heterocycles. The Labute approximate surface area is 179 Å². The molecule has 166 valence electrons. The highest BCUT2D eigenvalue weighted by Gasteiger charge is 2.34. The number of nitrogens with zero attached hydrogens (tertiary/aromatic N) is 3. The van der Waals surface area contributed by atoms with Crippen molar-refractivity contribution < 1.29 is 19.2 Å². The van der Waals surface area contributed by atoms with Crippen LogP contribution in [0.3, 0.4) is 0 Å². The molecule has 0 aliphatic carbocycles. The van der Waals surface area contributed by atoms with Gasteiger partial charge in [0, 0.05) is 30.5 Å². The monoisotopic (exact) mass is 431 g/mol. The van der Waals surface area contributed by atoms with Gasteiger partial charge in [0.25, 0.3) is 0 Å². The summed E-state index contributed by atoms with van der Waals surface area (Å²) in [4.78, 5) is 28.1. The Kier molecular flexibility index (Phi) is 6.88. The minimum atomic E-state index is -1.43. The van der Waals surface area contributed by atoms with Crippen LogP contribution >= 0.6 is 0 Å². The topological polar surface area (TPSA) is 121 Å². The number of carboxylic acids is 1. The van der Waals surface area contributed by atoms with E-state index in [1.54, 1.807) is 35.2 Å². The Morgan fingerprint density at radius 2 is 2.03 bits per heavy atom. The number of alkyl halides is 1. The fraction of sp³-hybridized carbons (Fsp3) is 0.429. The molecule has 0 amide bonds. The summed E-state index contributed by atoms with van der Waals surface area (Å²) in [5.74, 6) is -1.02. The largest absolute Gasteiger partial charge is 0.481 e. The molecule has 1 aliphatic rings. The number of pyridine rings is 1. The van der Waals surface area contributed by atoms with Gasteiger partial charge in [-0.05, 0) is 42.7 Å². The first-order valence-electron chi connectivity index (χ1n) is 10.1. The lowest BCUT2D eigenvalue weighted by atomic mass is 9.95. The maximum absolute atomic E-state index is 14.2. The Morgan fingerprint density at radius 3 is 2.61 bits per heavy atom. The fourth-order valence-electron chi connectivity index (χ4n) is 3.41. The van der Waals surface area contributed by atoms with Crippen molar-refractivity contribution in [2.24, 2.45) is 11.8 Å². The van der Waals surface area contributed by atoms with Gasteiger partial charge >= 0.3 is 11.7 Å². The van der Waals surface area contributed by atoms with Crippen molar-refractivity contribution in [3.05, 3.63) is 46.5 Å². The number of nitrogens with one attached hydrogen (secondary N) is 2. The molecule has 10 heteroatoms. The number of anilines is 4. The molecule has 2 heterocycles. The molecule has 2 unspecified atom stereocenters. The number of rotatable bonds is 8. The molecule has 1 fully saturated rings. The number of piperidine rings is 1. The molecule has 2 atom stereocenters. The maximum atomic E-state index is 14.2. The summed E-state index contributed by atoms with van der Waals surface area (Å²) in [6, 6.07) is 9.96. The molecule has 2 aromatic rings. The van der Waals surface area contributed by atoms with Gasteiger partial charge in [-0.3, -0.25) is 14.9 Å². The number of aliphatic carboxylic acids is 1. The quantitative estimate of drug-likeness (QED) is 0.423. The van der Waals surface area contributed by atoms with Crippen molar-refractivity contribution >= 4 is 34.7 Å². The van der Waals surface area contributed by atoms with E-state index in [1.165, 1.54) is 6.07 Å². The number of nitro groups is 1. The molecule has 31 heavy (non-hydrogen) atoms. The van der Waals surface area contributed by atoms with Crippen LogP contribution < -0.4 is 15.5 Å². The highest BCUT2D eigenvalue weighted by atomic mass is 19.1. The molecule has 1 saturated heterocycles. The summed E-state index contributed by atoms with van der Waals surface area (Å²) < 4.78 is 14.2. The zero-order valence-electron chi connectivity index (χ0n) is 17.4. The van der Waals surface area contributed by atoms with E-state index in [0.717, 1.165) is 5.69 Å².